The highest BCUT2D eigenvalue weighted by Gasteiger charge is 2.57. The molecule has 0 amide bonds. The van der Waals surface area contributed by atoms with Crippen molar-refractivity contribution in [3.05, 3.63) is 36.2 Å². The Hall–Kier alpha value is -1.84. The number of piperidine rings is 1. The van der Waals surface area contributed by atoms with E-state index in [0.717, 1.165) is 25.1 Å². The smallest absolute Gasteiger partial charge is 0.181 e. The predicted octanol–water partition coefficient (Wildman–Crippen LogP) is 3.97. The molecule has 5 atom stereocenters. The quantitative estimate of drug-likeness (QED) is 0.842. The molecule has 2 heterocycles. The monoisotopic (exact) mass is 338 g/mol. The lowest BCUT2D eigenvalue weighted by molar-refractivity contribution is -0.117. The molecule has 0 unspecified atom stereocenters. The van der Waals surface area contributed by atoms with Gasteiger partial charge in [-0.1, -0.05) is 19.9 Å². The maximum absolute atomic E-state index is 11.9. The Morgan fingerprint density at radius 1 is 1.24 bits per heavy atom. The summed E-state index contributed by atoms with van der Waals surface area (Å²) in [5.41, 5.74) is 2.89. The Bertz CT molecular complexity index is 778. The molecule has 0 spiro atoms. The number of rotatable bonds is 1. The van der Waals surface area contributed by atoms with Crippen LogP contribution >= 0.6 is 0 Å². The lowest BCUT2D eigenvalue weighted by atomic mass is 9.50. The minimum absolute atomic E-state index is 0.146. The van der Waals surface area contributed by atoms with Crippen molar-refractivity contribution in [3.63, 3.8) is 0 Å². The average Bonchev–Trinajstić information content (AvgIpc) is 3.22. The Morgan fingerprint density at radius 2 is 2.12 bits per heavy atom. The summed E-state index contributed by atoms with van der Waals surface area (Å²) in [5, 5.41) is 3.65. The van der Waals surface area contributed by atoms with Crippen LogP contribution in [0.25, 0.3) is 5.57 Å². The number of hydrogen-bond acceptors (Lipinski definition) is 4. The van der Waals surface area contributed by atoms with Gasteiger partial charge in [0.2, 0.25) is 0 Å². The Balaban J connectivity index is 1.49. The third-order valence-corrected chi connectivity index (χ3v) is 7.87. The van der Waals surface area contributed by atoms with E-state index in [4.69, 9.17) is 4.42 Å². The SMILES string of the molecule is C[C@]12CCC(=O)C=C1NC[C@@H]1[C@@H]2CC[C@]2(C)C(c3cnco3)=CC[C@@H]12. The second-order valence-corrected chi connectivity index (χ2v) is 8.87. The van der Waals surface area contributed by atoms with Gasteiger partial charge in [0.15, 0.2) is 17.9 Å². The minimum atomic E-state index is 0.146. The summed E-state index contributed by atoms with van der Waals surface area (Å²) < 4.78 is 5.64. The van der Waals surface area contributed by atoms with Crippen LogP contribution in [0.1, 0.15) is 51.7 Å². The fraction of sp³-hybridized carbons (Fsp3) is 0.619. The summed E-state index contributed by atoms with van der Waals surface area (Å²) in [6.45, 7) is 5.81. The molecule has 1 aromatic rings. The number of carbonyl (C=O) groups excluding carboxylic acids is 1. The van der Waals surface area contributed by atoms with Crippen LogP contribution < -0.4 is 5.32 Å². The van der Waals surface area contributed by atoms with Gasteiger partial charge >= 0.3 is 0 Å². The van der Waals surface area contributed by atoms with Gasteiger partial charge in [-0.3, -0.25) is 4.79 Å². The number of allylic oxidation sites excluding steroid dienone is 4. The first kappa shape index (κ1) is 15.4. The van der Waals surface area contributed by atoms with Crippen molar-refractivity contribution in [2.24, 2.45) is 28.6 Å². The summed E-state index contributed by atoms with van der Waals surface area (Å²) in [6, 6.07) is 0. The third-order valence-electron chi connectivity index (χ3n) is 7.87. The molecule has 4 aliphatic rings. The van der Waals surface area contributed by atoms with Gasteiger partial charge in [-0.15, -0.1) is 0 Å². The van der Waals surface area contributed by atoms with E-state index in [1.165, 1.54) is 30.5 Å². The molecule has 1 aliphatic heterocycles. The minimum Gasteiger partial charge on any atom is -0.444 e. The topological polar surface area (TPSA) is 55.1 Å². The summed E-state index contributed by atoms with van der Waals surface area (Å²) in [5.74, 6) is 3.21. The zero-order valence-electron chi connectivity index (χ0n) is 15.0. The summed E-state index contributed by atoms with van der Waals surface area (Å²) >= 11 is 0. The van der Waals surface area contributed by atoms with Crippen molar-refractivity contribution >= 4 is 11.4 Å². The molecule has 25 heavy (non-hydrogen) atoms. The fourth-order valence-electron chi connectivity index (χ4n) is 6.44. The van der Waals surface area contributed by atoms with Crippen LogP contribution in [-0.4, -0.2) is 17.3 Å². The Kier molecular flexibility index (Phi) is 3.14. The van der Waals surface area contributed by atoms with Crippen LogP contribution in [0.2, 0.25) is 0 Å². The van der Waals surface area contributed by atoms with E-state index >= 15 is 0 Å². The molecular formula is C21H26N2O2. The van der Waals surface area contributed by atoms with Crippen LogP contribution in [0, 0.1) is 28.6 Å². The number of nitrogens with zero attached hydrogens (tertiary/aromatic N) is 1. The van der Waals surface area contributed by atoms with E-state index in [9.17, 15) is 4.79 Å². The molecule has 0 bridgehead atoms. The maximum atomic E-state index is 11.9. The second-order valence-electron chi connectivity index (χ2n) is 8.87. The van der Waals surface area contributed by atoms with E-state index in [0.29, 0.717) is 24.2 Å². The highest BCUT2D eigenvalue weighted by molar-refractivity contribution is 5.91. The van der Waals surface area contributed by atoms with E-state index in [1.54, 1.807) is 0 Å². The van der Waals surface area contributed by atoms with E-state index in [2.05, 4.69) is 30.2 Å². The number of fused-ring (bicyclic) bond motifs is 5. The molecule has 3 aliphatic carbocycles. The number of aromatic nitrogens is 1. The van der Waals surface area contributed by atoms with Gasteiger partial charge in [0.1, 0.15) is 0 Å². The van der Waals surface area contributed by atoms with Gasteiger partial charge in [0.25, 0.3) is 0 Å². The van der Waals surface area contributed by atoms with Crippen LogP contribution in [-0.2, 0) is 4.79 Å². The molecule has 4 heteroatoms. The first-order chi connectivity index (χ1) is 12.0. The van der Waals surface area contributed by atoms with Gasteiger partial charge in [0.05, 0.1) is 6.20 Å². The predicted molar refractivity (Wildman–Crippen MR) is 95.3 cm³/mol. The second kappa shape index (κ2) is 5.09. The van der Waals surface area contributed by atoms with Crippen molar-refractivity contribution in [3.8, 4) is 0 Å². The molecule has 2 fully saturated rings. The Morgan fingerprint density at radius 3 is 2.92 bits per heavy atom. The summed E-state index contributed by atoms with van der Waals surface area (Å²) in [4.78, 5) is 16.0. The lowest BCUT2D eigenvalue weighted by Gasteiger charge is -2.57. The van der Waals surface area contributed by atoms with Crippen molar-refractivity contribution < 1.29 is 9.21 Å². The summed E-state index contributed by atoms with van der Waals surface area (Å²) in [6.07, 6.45) is 12.9. The third kappa shape index (κ3) is 2.00. The van der Waals surface area contributed by atoms with Crippen molar-refractivity contribution in [1.82, 2.24) is 10.3 Å². The molecule has 0 radical (unpaired) electrons. The first-order valence-electron chi connectivity index (χ1n) is 9.61. The van der Waals surface area contributed by atoms with Crippen LogP contribution in [0.4, 0.5) is 0 Å². The molecule has 132 valence electrons. The van der Waals surface area contributed by atoms with Gasteiger partial charge in [-0.2, -0.15) is 0 Å². The van der Waals surface area contributed by atoms with Gasteiger partial charge in [-0.05, 0) is 54.4 Å². The van der Waals surface area contributed by atoms with Gasteiger partial charge in [0, 0.05) is 30.2 Å². The van der Waals surface area contributed by atoms with Gasteiger partial charge in [-0.25, -0.2) is 4.98 Å². The molecule has 0 aromatic carbocycles. The van der Waals surface area contributed by atoms with Crippen LogP contribution in [0.5, 0.6) is 0 Å². The Labute approximate surface area is 148 Å². The fourth-order valence-corrected chi connectivity index (χ4v) is 6.44. The normalized spacial score (nSPS) is 42.6. The van der Waals surface area contributed by atoms with E-state index < -0.39 is 0 Å². The van der Waals surface area contributed by atoms with Gasteiger partial charge < -0.3 is 9.73 Å². The number of hydrogen-bond donors (Lipinski definition) is 1. The first-order valence-corrected chi connectivity index (χ1v) is 9.61. The number of nitrogens with one attached hydrogen (secondary N) is 1. The molecule has 1 aromatic heterocycles. The summed E-state index contributed by atoms with van der Waals surface area (Å²) in [7, 11) is 0. The number of ketones is 1. The van der Waals surface area contributed by atoms with Crippen molar-refractivity contribution in [2.45, 2.75) is 46.0 Å². The lowest BCUT2D eigenvalue weighted by Crippen LogP contribution is -2.56. The van der Waals surface area contributed by atoms with Crippen molar-refractivity contribution in [2.75, 3.05) is 6.54 Å². The highest BCUT2D eigenvalue weighted by atomic mass is 16.3. The zero-order chi connectivity index (χ0) is 17.2. The van der Waals surface area contributed by atoms with E-state index in [-0.39, 0.29) is 16.6 Å². The highest BCUT2D eigenvalue weighted by Crippen LogP contribution is 2.64. The van der Waals surface area contributed by atoms with Crippen molar-refractivity contribution in [1.29, 1.82) is 0 Å². The molecule has 4 nitrogen and oxygen atoms in total. The van der Waals surface area contributed by atoms with Crippen LogP contribution in [0.15, 0.2) is 34.9 Å². The number of carbonyl (C=O) groups is 1. The molecule has 1 N–H and O–H groups in total. The molecule has 1 saturated carbocycles. The zero-order valence-corrected chi connectivity index (χ0v) is 15.0. The largest absolute Gasteiger partial charge is 0.444 e. The molecule has 1 saturated heterocycles. The average molecular weight is 338 g/mol. The van der Waals surface area contributed by atoms with Crippen LogP contribution in [0.3, 0.4) is 0 Å². The molecular weight excluding hydrogens is 312 g/mol. The standard InChI is InChI=1S/C21H26N2O2/c1-20-8-6-16-14(10-23-19-9-13(24)5-7-21(16,19)2)15(20)3-4-17(20)18-11-22-12-25-18/h4,9,11-12,14-16,23H,3,5-8,10H2,1-2H3/t14-,15-,16-,20-,21+/m0/s1. The van der Waals surface area contributed by atoms with E-state index in [1.807, 2.05) is 12.3 Å². The molecule has 5 rings (SSSR count). The maximum Gasteiger partial charge on any atom is 0.181 e. The number of oxazole rings is 1.